The first-order chi connectivity index (χ1) is 12.6. The maximum absolute atomic E-state index is 12.5. The second-order valence-electron chi connectivity index (χ2n) is 6.66. The Morgan fingerprint density at radius 3 is 2.11 bits per heavy atom. The molecular weight excluding hydrogens is 364 g/mol. The fraction of sp³-hybridized carbons (Fsp3) is 0.350. The van der Waals surface area contributed by atoms with Crippen molar-refractivity contribution < 1.29 is 17.9 Å². The predicted octanol–water partition coefficient (Wildman–Crippen LogP) is 2.82. The Labute approximate surface area is 161 Å². The van der Waals surface area contributed by atoms with Crippen LogP contribution in [-0.2, 0) is 21.4 Å². The first kappa shape index (κ1) is 20.8. The molecule has 0 unspecified atom stereocenters. The number of ether oxygens (including phenoxy) is 1. The Morgan fingerprint density at radius 1 is 1.04 bits per heavy atom. The maximum atomic E-state index is 12.5. The van der Waals surface area contributed by atoms with Gasteiger partial charge in [-0.3, -0.25) is 9.10 Å². The molecule has 0 aromatic heterocycles. The van der Waals surface area contributed by atoms with Crippen molar-refractivity contribution in [2.45, 2.75) is 26.5 Å². The molecule has 0 aliphatic heterocycles. The molecule has 0 aliphatic rings. The van der Waals surface area contributed by atoms with E-state index in [2.05, 4.69) is 0 Å². The summed E-state index contributed by atoms with van der Waals surface area (Å²) in [6, 6.07) is 14.6. The van der Waals surface area contributed by atoms with Crippen molar-refractivity contribution in [3.05, 3.63) is 59.7 Å². The van der Waals surface area contributed by atoms with Gasteiger partial charge < -0.3 is 9.64 Å². The van der Waals surface area contributed by atoms with Gasteiger partial charge in [0.05, 0.1) is 11.9 Å². The zero-order chi connectivity index (χ0) is 20.2. The number of hydrogen-bond donors (Lipinski definition) is 0. The molecule has 0 spiro atoms. The van der Waals surface area contributed by atoms with Crippen LogP contribution in [0.2, 0.25) is 0 Å². The van der Waals surface area contributed by atoms with Crippen molar-refractivity contribution in [2.75, 3.05) is 24.7 Å². The summed E-state index contributed by atoms with van der Waals surface area (Å²) in [5.41, 5.74) is 2.76. The van der Waals surface area contributed by atoms with Crippen LogP contribution in [0.3, 0.4) is 0 Å². The zero-order valence-corrected chi connectivity index (χ0v) is 17.2. The molecule has 0 radical (unpaired) electrons. The molecule has 2 aromatic carbocycles. The van der Waals surface area contributed by atoms with Gasteiger partial charge in [-0.15, -0.1) is 0 Å². The monoisotopic (exact) mass is 390 g/mol. The summed E-state index contributed by atoms with van der Waals surface area (Å²) in [5, 5.41) is 0. The lowest BCUT2D eigenvalue weighted by Gasteiger charge is -2.23. The van der Waals surface area contributed by atoms with Gasteiger partial charge in [0.25, 0.3) is 5.91 Å². The molecule has 2 rings (SSSR count). The Balaban J connectivity index is 1.98. The summed E-state index contributed by atoms with van der Waals surface area (Å²) in [4.78, 5) is 14.2. The number of sulfonamides is 1. The van der Waals surface area contributed by atoms with Crippen LogP contribution in [0.5, 0.6) is 5.75 Å². The fourth-order valence-corrected chi connectivity index (χ4v) is 3.04. The normalized spacial score (nSPS) is 12.3. The number of nitrogens with zero attached hydrogens (tertiary/aromatic N) is 2. The van der Waals surface area contributed by atoms with Crippen molar-refractivity contribution in [3.8, 4) is 5.75 Å². The molecular formula is C20H26N2O4S. The molecule has 27 heavy (non-hydrogen) atoms. The van der Waals surface area contributed by atoms with E-state index in [0.717, 1.165) is 11.8 Å². The number of amides is 1. The van der Waals surface area contributed by atoms with Gasteiger partial charge in [-0.25, -0.2) is 8.42 Å². The van der Waals surface area contributed by atoms with Crippen LogP contribution in [0, 0.1) is 6.92 Å². The molecule has 1 atom stereocenters. The summed E-state index contributed by atoms with van der Waals surface area (Å²) in [5.74, 6) is 0.373. The van der Waals surface area contributed by atoms with E-state index in [1.165, 1.54) is 16.9 Å². The third-order valence-electron chi connectivity index (χ3n) is 4.27. The second kappa shape index (κ2) is 8.43. The molecule has 0 fully saturated rings. The third-order valence-corrected chi connectivity index (χ3v) is 5.48. The van der Waals surface area contributed by atoms with E-state index >= 15 is 0 Å². The number of hydrogen-bond acceptors (Lipinski definition) is 4. The van der Waals surface area contributed by atoms with E-state index in [9.17, 15) is 13.2 Å². The number of anilines is 1. The summed E-state index contributed by atoms with van der Waals surface area (Å²) >= 11 is 0. The second-order valence-corrected chi connectivity index (χ2v) is 8.68. The predicted molar refractivity (Wildman–Crippen MR) is 107 cm³/mol. The number of carbonyl (C=O) groups is 1. The molecule has 0 saturated carbocycles. The minimum absolute atomic E-state index is 0.132. The minimum Gasteiger partial charge on any atom is -0.481 e. The smallest absolute Gasteiger partial charge is 0.263 e. The number of likely N-dealkylation sites (N-methyl/N-ethyl adjacent to an activating group) is 1. The Morgan fingerprint density at radius 2 is 1.59 bits per heavy atom. The van der Waals surface area contributed by atoms with Crippen LogP contribution in [0.1, 0.15) is 18.1 Å². The molecule has 146 valence electrons. The number of rotatable bonds is 7. The lowest BCUT2D eigenvalue weighted by atomic mass is 10.1. The van der Waals surface area contributed by atoms with E-state index in [4.69, 9.17) is 4.74 Å². The lowest BCUT2D eigenvalue weighted by Crippen LogP contribution is -2.37. The summed E-state index contributed by atoms with van der Waals surface area (Å²) in [7, 11) is -0.0914. The van der Waals surface area contributed by atoms with Gasteiger partial charge in [-0.2, -0.15) is 0 Å². The van der Waals surface area contributed by atoms with Crippen LogP contribution in [-0.4, -0.2) is 45.7 Å². The van der Waals surface area contributed by atoms with Gasteiger partial charge in [-0.1, -0.05) is 29.8 Å². The third kappa shape index (κ3) is 5.72. The van der Waals surface area contributed by atoms with Gasteiger partial charge in [0.2, 0.25) is 10.0 Å². The number of benzene rings is 2. The average Bonchev–Trinajstić information content (AvgIpc) is 2.62. The highest BCUT2D eigenvalue weighted by Gasteiger charge is 2.20. The number of aryl methyl sites for hydroxylation is 1. The highest BCUT2D eigenvalue weighted by Crippen LogP contribution is 2.21. The van der Waals surface area contributed by atoms with Crippen molar-refractivity contribution >= 4 is 21.6 Å². The SMILES string of the molecule is Cc1ccc(CN(C)C(=O)[C@@H](C)Oc2ccc(N(C)S(C)(=O)=O)cc2)cc1. The van der Waals surface area contributed by atoms with Gasteiger partial charge in [0, 0.05) is 20.6 Å². The summed E-state index contributed by atoms with van der Waals surface area (Å²) in [6.45, 7) is 4.23. The largest absolute Gasteiger partial charge is 0.481 e. The molecule has 0 heterocycles. The van der Waals surface area contributed by atoms with Crippen LogP contribution in [0.15, 0.2) is 48.5 Å². The summed E-state index contributed by atoms with van der Waals surface area (Å²) < 4.78 is 30.0. The van der Waals surface area contributed by atoms with Gasteiger partial charge in [-0.05, 0) is 43.7 Å². The molecule has 0 aliphatic carbocycles. The molecule has 0 saturated heterocycles. The topological polar surface area (TPSA) is 66.9 Å². The van der Waals surface area contributed by atoms with E-state index < -0.39 is 16.1 Å². The Hall–Kier alpha value is -2.54. The zero-order valence-electron chi connectivity index (χ0n) is 16.3. The van der Waals surface area contributed by atoms with Crippen LogP contribution in [0.25, 0.3) is 0 Å². The van der Waals surface area contributed by atoms with Crippen LogP contribution >= 0.6 is 0 Å². The van der Waals surface area contributed by atoms with Crippen molar-refractivity contribution in [1.82, 2.24) is 4.90 Å². The average molecular weight is 391 g/mol. The Bertz CT molecular complexity index is 877. The van der Waals surface area contributed by atoms with Gasteiger partial charge in [0.15, 0.2) is 6.10 Å². The van der Waals surface area contributed by atoms with Crippen molar-refractivity contribution in [2.24, 2.45) is 0 Å². The maximum Gasteiger partial charge on any atom is 0.263 e. The van der Waals surface area contributed by atoms with E-state index in [1.54, 1.807) is 43.1 Å². The van der Waals surface area contributed by atoms with Crippen LogP contribution < -0.4 is 9.04 Å². The van der Waals surface area contributed by atoms with Gasteiger partial charge in [0.1, 0.15) is 5.75 Å². The molecule has 6 nitrogen and oxygen atoms in total. The first-order valence-electron chi connectivity index (χ1n) is 8.59. The molecule has 1 amide bonds. The minimum atomic E-state index is -3.32. The quantitative estimate of drug-likeness (QED) is 0.729. The highest BCUT2D eigenvalue weighted by molar-refractivity contribution is 7.92. The van der Waals surface area contributed by atoms with E-state index in [1.807, 2.05) is 31.2 Å². The molecule has 7 heteroatoms. The molecule has 2 aromatic rings. The first-order valence-corrected chi connectivity index (χ1v) is 10.4. The number of carbonyl (C=O) groups excluding carboxylic acids is 1. The standard InChI is InChI=1S/C20H26N2O4S/c1-15-6-8-17(9-7-15)14-21(3)20(23)16(2)26-19-12-10-18(11-13-19)22(4)27(5,24)25/h6-13,16H,14H2,1-5H3/t16-/m1/s1. The van der Waals surface area contributed by atoms with E-state index in [0.29, 0.717) is 18.0 Å². The van der Waals surface area contributed by atoms with Crippen molar-refractivity contribution in [1.29, 1.82) is 0 Å². The van der Waals surface area contributed by atoms with Crippen molar-refractivity contribution in [3.63, 3.8) is 0 Å². The summed E-state index contributed by atoms with van der Waals surface area (Å²) in [6.07, 6.45) is 0.487. The van der Waals surface area contributed by atoms with Gasteiger partial charge >= 0.3 is 0 Å². The lowest BCUT2D eigenvalue weighted by molar-refractivity contribution is -0.137. The fourth-order valence-electron chi connectivity index (χ4n) is 2.54. The van der Waals surface area contributed by atoms with E-state index in [-0.39, 0.29) is 5.91 Å². The highest BCUT2D eigenvalue weighted by atomic mass is 32.2. The van der Waals surface area contributed by atoms with Crippen LogP contribution in [0.4, 0.5) is 5.69 Å². The molecule has 0 bridgehead atoms. The Kier molecular flexibility index (Phi) is 6.49. The molecule has 0 N–H and O–H groups in total.